The Morgan fingerprint density at radius 1 is 1.46 bits per heavy atom. The molecule has 0 bridgehead atoms. The summed E-state index contributed by atoms with van der Waals surface area (Å²) < 4.78 is 1.72. The van der Waals surface area contributed by atoms with E-state index in [1.54, 1.807) is 10.2 Å². The molecule has 0 saturated carbocycles. The number of rotatable bonds is 4. The highest BCUT2D eigenvalue weighted by atomic mass is 127. The molecule has 0 fully saturated rings. The van der Waals surface area contributed by atoms with E-state index in [-0.39, 0.29) is 5.84 Å². The molecule has 0 aromatic carbocycles. The monoisotopic (exact) mass is 297 g/mol. The van der Waals surface area contributed by atoms with Gasteiger partial charge in [0.15, 0.2) is 0 Å². The summed E-state index contributed by atoms with van der Waals surface area (Å²) in [5.74, 6) is 0.286. The van der Waals surface area contributed by atoms with Crippen molar-refractivity contribution < 1.29 is 10.4 Å². The lowest BCUT2D eigenvalue weighted by Gasteiger charge is -2.01. The van der Waals surface area contributed by atoms with E-state index in [0.717, 1.165) is 0 Å². The van der Waals surface area contributed by atoms with Gasteiger partial charge in [-0.3, -0.25) is 26.4 Å². The van der Waals surface area contributed by atoms with Gasteiger partial charge >= 0.3 is 0 Å². The molecule has 0 aromatic heterocycles. The van der Waals surface area contributed by atoms with Gasteiger partial charge in [0.25, 0.3) is 0 Å². The average Bonchev–Trinajstić information content (AvgIpc) is 2.16. The molecule has 0 unspecified atom stereocenters. The van der Waals surface area contributed by atoms with Gasteiger partial charge in [-0.2, -0.15) is 0 Å². The fraction of sp³-hybridized carbons (Fsp3) is 0.286. The molecule has 6 heteroatoms. The standard InChI is InChI=1S/C7H12IN3O2/c1-2-9-7(11-13)5-6(10-12)3-4-8/h3-5,10,12-13H,2H2,1H3,(H,9,11)/b4-3-,6-5+. The van der Waals surface area contributed by atoms with Crippen molar-refractivity contribution >= 4 is 28.4 Å². The van der Waals surface area contributed by atoms with Crippen molar-refractivity contribution in [1.82, 2.24) is 11.0 Å². The molecule has 0 atom stereocenters. The first-order valence-corrected chi connectivity index (χ1v) is 4.86. The van der Waals surface area contributed by atoms with Gasteiger partial charge in [-0.1, -0.05) is 22.6 Å². The fourth-order valence-electron chi connectivity index (χ4n) is 0.616. The van der Waals surface area contributed by atoms with Crippen LogP contribution in [-0.2, 0) is 0 Å². The van der Waals surface area contributed by atoms with Crippen LogP contribution in [0, 0.1) is 0 Å². The molecule has 0 aliphatic rings. The van der Waals surface area contributed by atoms with Crippen LogP contribution >= 0.6 is 22.6 Å². The molecule has 4 N–H and O–H groups in total. The number of hydrogen-bond acceptors (Lipinski definition) is 4. The van der Waals surface area contributed by atoms with Crippen molar-refractivity contribution in [3.8, 4) is 0 Å². The molecule has 0 rings (SSSR count). The maximum atomic E-state index is 8.63. The number of nitrogens with one attached hydrogen (secondary N) is 2. The maximum absolute atomic E-state index is 8.63. The summed E-state index contributed by atoms with van der Waals surface area (Å²) >= 11 is 2.01. The average molecular weight is 297 g/mol. The smallest absolute Gasteiger partial charge is 0.146 e. The quantitative estimate of drug-likeness (QED) is 0.207. The zero-order valence-electron chi connectivity index (χ0n) is 7.16. The lowest BCUT2D eigenvalue weighted by Crippen LogP contribution is -2.19. The highest BCUT2D eigenvalue weighted by molar-refractivity contribution is 14.1. The van der Waals surface area contributed by atoms with Crippen LogP contribution in [0.3, 0.4) is 0 Å². The first kappa shape index (κ1) is 12.4. The van der Waals surface area contributed by atoms with Crippen LogP contribution in [0.5, 0.6) is 0 Å². The molecule has 0 spiro atoms. The Balaban J connectivity index is 4.54. The summed E-state index contributed by atoms with van der Waals surface area (Å²) in [5.41, 5.74) is 4.31. The van der Waals surface area contributed by atoms with Gasteiger partial charge in [-0.05, 0) is 17.1 Å². The number of amidine groups is 1. The highest BCUT2D eigenvalue weighted by Crippen LogP contribution is 1.95. The van der Waals surface area contributed by atoms with Gasteiger partial charge < -0.3 is 0 Å². The lowest BCUT2D eigenvalue weighted by molar-refractivity contribution is 0.204. The maximum Gasteiger partial charge on any atom is 0.146 e. The molecule has 0 amide bonds. The second kappa shape index (κ2) is 8.02. The van der Waals surface area contributed by atoms with Crippen LogP contribution in [0.15, 0.2) is 26.9 Å². The third kappa shape index (κ3) is 5.61. The zero-order valence-corrected chi connectivity index (χ0v) is 9.32. The Morgan fingerprint density at radius 3 is 2.54 bits per heavy atom. The zero-order chi connectivity index (χ0) is 10.1. The first-order chi connectivity index (χ1) is 6.28. The van der Waals surface area contributed by atoms with Crippen molar-refractivity contribution in [3.05, 3.63) is 21.9 Å². The van der Waals surface area contributed by atoms with Crippen LogP contribution in [0.2, 0.25) is 0 Å². The van der Waals surface area contributed by atoms with E-state index in [1.807, 2.05) is 40.5 Å². The molecule has 0 aliphatic heterocycles. The van der Waals surface area contributed by atoms with Gasteiger partial charge in [0.05, 0.1) is 5.70 Å². The summed E-state index contributed by atoms with van der Waals surface area (Å²) in [6.45, 7) is 2.39. The fourth-order valence-corrected chi connectivity index (χ4v) is 1.00. The summed E-state index contributed by atoms with van der Waals surface area (Å²) in [4.78, 5) is 3.90. The van der Waals surface area contributed by atoms with Gasteiger partial charge in [-0.15, -0.1) is 0 Å². The molecular formula is C7H12IN3O2. The van der Waals surface area contributed by atoms with Crippen molar-refractivity contribution in [1.29, 1.82) is 0 Å². The predicted octanol–water partition coefficient (Wildman–Crippen LogP) is 1.19. The van der Waals surface area contributed by atoms with E-state index in [4.69, 9.17) is 10.4 Å². The first-order valence-electron chi connectivity index (χ1n) is 3.61. The molecule has 0 radical (unpaired) electrons. The van der Waals surface area contributed by atoms with E-state index < -0.39 is 0 Å². The van der Waals surface area contributed by atoms with Crippen LogP contribution in [0.4, 0.5) is 0 Å². The second-order valence-corrected chi connectivity index (χ2v) is 2.69. The molecule has 13 heavy (non-hydrogen) atoms. The number of aliphatic imine (C=N–C) groups is 1. The third-order valence-corrected chi connectivity index (χ3v) is 1.47. The van der Waals surface area contributed by atoms with Crippen molar-refractivity contribution in [3.63, 3.8) is 0 Å². The second-order valence-electron chi connectivity index (χ2n) is 1.98. The molecule has 5 nitrogen and oxygen atoms in total. The molecule has 0 aromatic rings. The Morgan fingerprint density at radius 2 is 2.15 bits per heavy atom. The summed E-state index contributed by atoms with van der Waals surface area (Å²) in [5, 5.41) is 17.2. The largest absolute Gasteiger partial charge is 0.291 e. The minimum Gasteiger partial charge on any atom is -0.291 e. The summed E-state index contributed by atoms with van der Waals surface area (Å²) in [6, 6.07) is 0. The van der Waals surface area contributed by atoms with E-state index in [2.05, 4.69) is 4.99 Å². The van der Waals surface area contributed by atoms with Gasteiger partial charge in [-0.25, -0.2) is 0 Å². The van der Waals surface area contributed by atoms with Crippen LogP contribution in [0.1, 0.15) is 6.92 Å². The topological polar surface area (TPSA) is 76.9 Å². The Bertz CT molecular complexity index is 226. The normalized spacial score (nSPS) is 13.5. The Labute approximate surface area is 90.3 Å². The van der Waals surface area contributed by atoms with E-state index >= 15 is 0 Å². The number of hydroxylamine groups is 2. The number of nitrogens with zero attached hydrogens (tertiary/aromatic N) is 1. The van der Waals surface area contributed by atoms with Crippen molar-refractivity contribution in [2.24, 2.45) is 4.99 Å². The van der Waals surface area contributed by atoms with E-state index in [1.165, 1.54) is 6.08 Å². The molecular weight excluding hydrogens is 285 g/mol. The molecule has 74 valence electrons. The van der Waals surface area contributed by atoms with Crippen LogP contribution in [-0.4, -0.2) is 22.8 Å². The highest BCUT2D eigenvalue weighted by Gasteiger charge is 1.93. The number of halogens is 1. The predicted molar refractivity (Wildman–Crippen MR) is 59.1 cm³/mol. The van der Waals surface area contributed by atoms with Crippen molar-refractivity contribution in [2.75, 3.05) is 6.54 Å². The Kier molecular flexibility index (Phi) is 7.65. The number of allylic oxidation sites excluding steroid dienone is 1. The molecule has 0 saturated heterocycles. The molecule has 0 heterocycles. The van der Waals surface area contributed by atoms with Gasteiger partial charge in [0.2, 0.25) is 0 Å². The third-order valence-electron chi connectivity index (χ3n) is 1.11. The lowest BCUT2D eigenvalue weighted by atomic mass is 10.4. The van der Waals surface area contributed by atoms with Crippen LogP contribution in [0.25, 0.3) is 0 Å². The summed E-state index contributed by atoms with van der Waals surface area (Å²) in [7, 11) is 0. The summed E-state index contributed by atoms with van der Waals surface area (Å²) in [6.07, 6.45) is 3.10. The van der Waals surface area contributed by atoms with Gasteiger partial charge in [0, 0.05) is 12.6 Å². The molecule has 0 aliphatic carbocycles. The van der Waals surface area contributed by atoms with Crippen molar-refractivity contribution in [2.45, 2.75) is 6.92 Å². The Hall–Kier alpha value is -0.600. The van der Waals surface area contributed by atoms with E-state index in [0.29, 0.717) is 12.2 Å². The van der Waals surface area contributed by atoms with Gasteiger partial charge in [0.1, 0.15) is 5.84 Å². The SMILES string of the molecule is CCN=C(/C=C(\C=C/I)NO)NO. The van der Waals surface area contributed by atoms with Crippen LogP contribution < -0.4 is 11.0 Å². The number of hydrogen-bond donors (Lipinski definition) is 4. The van der Waals surface area contributed by atoms with E-state index in [9.17, 15) is 0 Å². The minimum absolute atomic E-state index is 0.286. The minimum atomic E-state index is 0.286.